The first-order valence-corrected chi connectivity index (χ1v) is 7.89. The summed E-state index contributed by atoms with van der Waals surface area (Å²) in [5, 5.41) is 11.6. The van der Waals surface area contributed by atoms with Crippen molar-refractivity contribution in [1.29, 1.82) is 0 Å². The van der Waals surface area contributed by atoms with Crippen LogP contribution >= 0.6 is 12.4 Å². The number of halogens is 1. The maximum atomic E-state index is 11.8. The van der Waals surface area contributed by atoms with Gasteiger partial charge in [0.25, 0.3) is 0 Å². The summed E-state index contributed by atoms with van der Waals surface area (Å²) >= 11 is 0. The van der Waals surface area contributed by atoms with Gasteiger partial charge in [0.2, 0.25) is 11.8 Å². The van der Waals surface area contributed by atoms with E-state index in [1.54, 1.807) is 14.0 Å². The number of nitrogens with one attached hydrogen (secondary N) is 1. The van der Waals surface area contributed by atoms with Crippen LogP contribution in [0.1, 0.15) is 39.0 Å². The van der Waals surface area contributed by atoms with Crippen LogP contribution in [0.2, 0.25) is 0 Å². The lowest BCUT2D eigenvalue weighted by Gasteiger charge is -2.21. The Morgan fingerprint density at radius 3 is 2.70 bits per heavy atom. The van der Waals surface area contributed by atoms with Crippen molar-refractivity contribution in [1.82, 2.24) is 15.1 Å². The van der Waals surface area contributed by atoms with Crippen molar-refractivity contribution in [2.24, 2.45) is 0 Å². The van der Waals surface area contributed by atoms with Gasteiger partial charge in [0, 0.05) is 26.1 Å². The zero-order valence-electron chi connectivity index (χ0n) is 13.9. The molecule has 1 rings (SSSR count). The molecule has 0 aromatic rings. The first-order chi connectivity index (χ1) is 10.4. The van der Waals surface area contributed by atoms with Crippen LogP contribution < -0.4 is 5.32 Å². The molecule has 0 spiro atoms. The third kappa shape index (κ3) is 8.18. The minimum absolute atomic E-state index is 0. The highest BCUT2D eigenvalue weighted by molar-refractivity contribution is 5.85. The molecule has 1 atom stereocenters. The Hall–Kier alpha value is -1.34. The van der Waals surface area contributed by atoms with Crippen LogP contribution in [0.25, 0.3) is 0 Å². The molecule has 1 fully saturated rings. The summed E-state index contributed by atoms with van der Waals surface area (Å²) in [6.07, 6.45) is 4.48. The van der Waals surface area contributed by atoms with Crippen molar-refractivity contribution >= 4 is 30.2 Å². The number of hydrogen-bond donors (Lipinski definition) is 2. The molecule has 0 saturated carbocycles. The van der Waals surface area contributed by atoms with Crippen LogP contribution in [0.5, 0.6) is 0 Å². The second-order valence-electron chi connectivity index (χ2n) is 5.82. The van der Waals surface area contributed by atoms with Gasteiger partial charge in [-0.3, -0.25) is 19.3 Å². The highest BCUT2D eigenvalue weighted by Gasteiger charge is 2.19. The average molecular weight is 350 g/mol. The molecule has 1 heterocycles. The molecule has 1 saturated heterocycles. The van der Waals surface area contributed by atoms with Crippen LogP contribution in [0.15, 0.2) is 0 Å². The zero-order chi connectivity index (χ0) is 16.5. The number of carbonyl (C=O) groups excluding carboxylic acids is 2. The number of carboxylic acids is 1. The normalized spacial score (nSPS) is 16.5. The van der Waals surface area contributed by atoms with Gasteiger partial charge < -0.3 is 15.3 Å². The van der Waals surface area contributed by atoms with Crippen molar-refractivity contribution in [3.8, 4) is 0 Å². The smallest absolute Gasteiger partial charge is 0.320 e. The topological polar surface area (TPSA) is 89.9 Å². The van der Waals surface area contributed by atoms with Gasteiger partial charge in [-0.25, -0.2) is 0 Å². The molecule has 1 unspecified atom stereocenters. The largest absolute Gasteiger partial charge is 0.480 e. The van der Waals surface area contributed by atoms with Gasteiger partial charge in [0.05, 0.1) is 6.54 Å². The molecule has 0 bridgehead atoms. The molecule has 23 heavy (non-hydrogen) atoms. The molecule has 134 valence electrons. The van der Waals surface area contributed by atoms with Crippen LogP contribution in [-0.4, -0.2) is 72.0 Å². The number of hydrogen-bond acceptors (Lipinski definition) is 4. The minimum atomic E-state index is -0.949. The van der Waals surface area contributed by atoms with Gasteiger partial charge in [-0.2, -0.15) is 0 Å². The highest BCUT2D eigenvalue weighted by atomic mass is 35.5. The number of carboxylic acid groups (broad SMARTS) is 1. The number of carbonyl (C=O) groups is 3. The van der Waals surface area contributed by atoms with E-state index in [0.29, 0.717) is 19.5 Å². The number of rotatable bonds is 8. The van der Waals surface area contributed by atoms with Gasteiger partial charge in [0.15, 0.2) is 0 Å². The highest BCUT2D eigenvalue weighted by Crippen LogP contribution is 2.11. The van der Waals surface area contributed by atoms with E-state index in [-0.39, 0.29) is 30.8 Å². The number of likely N-dealkylation sites (N-methyl/N-ethyl adjacent to an activating group) is 1. The predicted octanol–water partition coefficient (Wildman–Crippen LogP) is 0.722. The van der Waals surface area contributed by atoms with E-state index >= 15 is 0 Å². The quantitative estimate of drug-likeness (QED) is 0.630. The lowest BCUT2D eigenvalue weighted by molar-refractivity contribution is -0.142. The molecule has 0 aromatic heterocycles. The third-order valence-corrected chi connectivity index (χ3v) is 4.01. The van der Waals surface area contributed by atoms with E-state index in [1.165, 1.54) is 4.90 Å². The number of likely N-dealkylation sites (tertiary alicyclic amines) is 1. The van der Waals surface area contributed by atoms with Crippen LogP contribution in [0.3, 0.4) is 0 Å². The molecule has 2 amide bonds. The Morgan fingerprint density at radius 2 is 2.04 bits per heavy atom. The molecule has 8 heteroatoms. The molecular formula is C15H28ClN3O4. The minimum Gasteiger partial charge on any atom is -0.480 e. The summed E-state index contributed by atoms with van der Waals surface area (Å²) in [5.41, 5.74) is 0. The maximum absolute atomic E-state index is 11.8. The van der Waals surface area contributed by atoms with Crippen molar-refractivity contribution in [2.45, 2.75) is 45.1 Å². The first-order valence-electron chi connectivity index (χ1n) is 7.89. The molecule has 1 aliphatic heterocycles. The summed E-state index contributed by atoms with van der Waals surface area (Å²) in [6.45, 7) is 3.57. The summed E-state index contributed by atoms with van der Waals surface area (Å²) in [6, 6.07) is -0.694. The van der Waals surface area contributed by atoms with Gasteiger partial charge in [-0.15, -0.1) is 12.4 Å². The first kappa shape index (κ1) is 21.7. The fourth-order valence-electron chi connectivity index (χ4n) is 2.38. The standard InChI is InChI=1S/C15H27N3O4.ClH/c1-12(15(21)22)17(2)11-13(19)16-8-6-10-18-9-5-3-4-7-14(18)20;/h12H,3-11H2,1-2H3,(H,16,19)(H,21,22);1H. The van der Waals surface area contributed by atoms with Crippen LogP contribution in [0, 0.1) is 0 Å². The number of aliphatic carboxylic acids is 1. The Bertz CT molecular complexity index is 406. The van der Waals surface area contributed by atoms with E-state index in [1.807, 2.05) is 4.90 Å². The Balaban J connectivity index is 0.00000484. The summed E-state index contributed by atoms with van der Waals surface area (Å²) in [4.78, 5) is 37.7. The Labute approximate surface area is 143 Å². The van der Waals surface area contributed by atoms with E-state index in [0.717, 1.165) is 32.2 Å². The molecule has 7 nitrogen and oxygen atoms in total. The van der Waals surface area contributed by atoms with E-state index in [2.05, 4.69) is 5.32 Å². The van der Waals surface area contributed by atoms with Crippen molar-refractivity contribution < 1.29 is 19.5 Å². The molecule has 0 radical (unpaired) electrons. The van der Waals surface area contributed by atoms with Gasteiger partial charge in [-0.1, -0.05) is 6.42 Å². The molecular weight excluding hydrogens is 322 g/mol. The van der Waals surface area contributed by atoms with Crippen LogP contribution in [-0.2, 0) is 14.4 Å². The second kappa shape index (κ2) is 11.2. The fraction of sp³-hybridized carbons (Fsp3) is 0.800. The summed E-state index contributed by atoms with van der Waals surface area (Å²) in [7, 11) is 1.61. The lowest BCUT2D eigenvalue weighted by atomic mass is 10.2. The fourth-order valence-corrected chi connectivity index (χ4v) is 2.38. The van der Waals surface area contributed by atoms with E-state index < -0.39 is 12.0 Å². The molecule has 1 aliphatic rings. The van der Waals surface area contributed by atoms with Crippen molar-refractivity contribution in [3.63, 3.8) is 0 Å². The predicted molar refractivity (Wildman–Crippen MR) is 89.7 cm³/mol. The third-order valence-electron chi connectivity index (χ3n) is 4.01. The Morgan fingerprint density at radius 1 is 1.35 bits per heavy atom. The van der Waals surface area contributed by atoms with E-state index in [4.69, 9.17) is 5.11 Å². The summed E-state index contributed by atoms with van der Waals surface area (Å²) in [5.74, 6) is -0.938. The number of nitrogens with zero attached hydrogens (tertiary/aromatic N) is 2. The molecule has 2 N–H and O–H groups in total. The van der Waals surface area contributed by atoms with Gasteiger partial charge in [-0.05, 0) is 33.2 Å². The van der Waals surface area contributed by atoms with Crippen LogP contribution in [0.4, 0.5) is 0 Å². The molecule has 0 aliphatic carbocycles. The zero-order valence-corrected chi connectivity index (χ0v) is 14.7. The van der Waals surface area contributed by atoms with Crippen molar-refractivity contribution in [3.05, 3.63) is 0 Å². The van der Waals surface area contributed by atoms with Gasteiger partial charge in [0.1, 0.15) is 6.04 Å². The SMILES string of the molecule is CC(C(=O)O)N(C)CC(=O)NCCCN1CCCCCC1=O.Cl. The van der Waals surface area contributed by atoms with Crippen molar-refractivity contribution in [2.75, 3.05) is 33.2 Å². The maximum Gasteiger partial charge on any atom is 0.320 e. The second-order valence-corrected chi connectivity index (χ2v) is 5.82. The average Bonchev–Trinajstić information content (AvgIpc) is 2.67. The monoisotopic (exact) mass is 349 g/mol. The summed E-state index contributed by atoms with van der Waals surface area (Å²) < 4.78 is 0. The number of amides is 2. The molecule has 0 aromatic carbocycles. The Kier molecular flexibility index (Phi) is 10.6. The lowest BCUT2D eigenvalue weighted by Crippen LogP contribution is -2.43. The van der Waals surface area contributed by atoms with E-state index in [9.17, 15) is 14.4 Å². The van der Waals surface area contributed by atoms with Gasteiger partial charge >= 0.3 is 5.97 Å².